The summed E-state index contributed by atoms with van der Waals surface area (Å²) in [6, 6.07) is 0. The predicted octanol–water partition coefficient (Wildman–Crippen LogP) is 3.21. The molecule has 124 valence electrons. The SMILES string of the molecule is CCC/C=C/[C@](O)(CC)C[C@H](CC)[C@H](O)CC(=O)OCC. The van der Waals surface area contributed by atoms with Crippen molar-refractivity contribution in [3.8, 4) is 0 Å². The first kappa shape index (κ1) is 20.1. The number of allylic oxidation sites excluding steroid dienone is 1. The van der Waals surface area contributed by atoms with Gasteiger partial charge in [-0.05, 0) is 32.1 Å². The molecule has 0 aromatic heterocycles. The number of ether oxygens (including phenoxy) is 1. The Bertz CT molecular complexity index is 314. The molecule has 3 atom stereocenters. The second-order valence-corrected chi connectivity index (χ2v) is 5.60. The monoisotopic (exact) mass is 300 g/mol. The molecule has 0 spiro atoms. The van der Waals surface area contributed by atoms with Crippen LogP contribution in [-0.2, 0) is 9.53 Å². The van der Waals surface area contributed by atoms with Crippen LogP contribution in [0, 0.1) is 5.92 Å². The van der Waals surface area contributed by atoms with Gasteiger partial charge in [-0.15, -0.1) is 0 Å². The van der Waals surface area contributed by atoms with Crippen LogP contribution in [-0.4, -0.2) is 34.5 Å². The van der Waals surface area contributed by atoms with Gasteiger partial charge in [0.2, 0.25) is 0 Å². The molecule has 0 aliphatic rings. The largest absolute Gasteiger partial charge is 0.466 e. The molecule has 0 aromatic carbocycles. The number of unbranched alkanes of at least 4 members (excludes halogenated alkanes) is 1. The van der Waals surface area contributed by atoms with Crippen molar-refractivity contribution in [2.75, 3.05) is 6.61 Å². The van der Waals surface area contributed by atoms with Gasteiger partial charge in [0.15, 0.2) is 0 Å². The van der Waals surface area contributed by atoms with Crippen LogP contribution in [0.15, 0.2) is 12.2 Å². The van der Waals surface area contributed by atoms with Crippen LogP contribution in [0.3, 0.4) is 0 Å². The van der Waals surface area contributed by atoms with E-state index in [2.05, 4.69) is 6.92 Å². The molecule has 0 heterocycles. The summed E-state index contributed by atoms with van der Waals surface area (Å²) < 4.78 is 4.87. The summed E-state index contributed by atoms with van der Waals surface area (Å²) in [7, 11) is 0. The summed E-state index contributed by atoms with van der Waals surface area (Å²) in [6.07, 6.45) is 6.80. The molecule has 4 heteroatoms. The molecule has 0 saturated heterocycles. The van der Waals surface area contributed by atoms with E-state index in [1.54, 1.807) is 6.92 Å². The molecule has 0 bridgehead atoms. The number of carbonyl (C=O) groups is 1. The summed E-state index contributed by atoms with van der Waals surface area (Å²) in [6.45, 7) is 8.05. The number of aliphatic hydroxyl groups excluding tert-OH is 1. The van der Waals surface area contributed by atoms with E-state index in [4.69, 9.17) is 4.74 Å². The van der Waals surface area contributed by atoms with Crippen LogP contribution in [0.1, 0.15) is 66.2 Å². The van der Waals surface area contributed by atoms with Crippen molar-refractivity contribution in [3.63, 3.8) is 0 Å². The lowest BCUT2D eigenvalue weighted by atomic mass is 9.82. The fraction of sp³-hybridized carbons (Fsp3) is 0.824. The number of carbonyl (C=O) groups excluding carboxylic acids is 1. The van der Waals surface area contributed by atoms with Gasteiger partial charge in [-0.2, -0.15) is 0 Å². The Hall–Kier alpha value is -0.870. The van der Waals surface area contributed by atoms with Gasteiger partial charge in [-0.3, -0.25) is 4.79 Å². The highest BCUT2D eigenvalue weighted by Crippen LogP contribution is 2.28. The van der Waals surface area contributed by atoms with Gasteiger partial charge in [0.1, 0.15) is 0 Å². The average molecular weight is 300 g/mol. The molecule has 0 saturated carbocycles. The zero-order valence-corrected chi connectivity index (χ0v) is 14.0. The van der Waals surface area contributed by atoms with E-state index in [1.807, 2.05) is 26.0 Å². The Balaban J connectivity index is 4.66. The first-order chi connectivity index (χ1) is 9.92. The third kappa shape index (κ3) is 8.22. The molecule has 0 amide bonds. The zero-order valence-electron chi connectivity index (χ0n) is 14.0. The molecular weight excluding hydrogens is 268 g/mol. The quantitative estimate of drug-likeness (QED) is 0.454. The maximum absolute atomic E-state index is 11.5. The van der Waals surface area contributed by atoms with Gasteiger partial charge in [0, 0.05) is 0 Å². The van der Waals surface area contributed by atoms with Crippen LogP contribution in [0.2, 0.25) is 0 Å². The lowest BCUT2D eigenvalue weighted by Gasteiger charge is -2.30. The Morgan fingerprint density at radius 2 is 1.95 bits per heavy atom. The Labute approximate surface area is 129 Å². The molecular formula is C17H32O4. The number of rotatable bonds is 11. The standard InChI is InChI=1S/C17H32O4/c1-5-9-10-11-17(20,7-3)13-14(6-2)15(18)12-16(19)21-8-4/h10-11,14-15,18,20H,5-9,12-13H2,1-4H3/b11-10+/t14-,15+,17+/m0/s1. The summed E-state index contributed by atoms with van der Waals surface area (Å²) in [5.74, 6) is -0.504. The lowest BCUT2D eigenvalue weighted by Crippen LogP contribution is -2.34. The summed E-state index contributed by atoms with van der Waals surface area (Å²) >= 11 is 0. The second kappa shape index (κ2) is 10.8. The fourth-order valence-corrected chi connectivity index (χ4v) is 2.36. The Kier molecular flexibility index (Phi) is 10.4. The normalized spacial score (nSPS) is 17.4. The van der Waals surface area contributed by atoms with E-state index in [9.17, 15) is 15.0 Å². The third-order valence-electron chi connectivity index (χ3n) is 3.86. The van der Waals surface area contributed by atoms with Gasteiger partial charge >= 0.3 is 5.97 Å². The van der Waals surface area contributed by atoms with E-state index in [0.717, 1.165) is 12.8 Å². The maximum atomic E-state index is 11.5. The van der Waals surface area contributed by atoms with Gasteiger partial charge in [0.05, 0.1) is 24.7 Å². The summed E-state index contributed by atoms with van der Waals surface area (Å²) in [5.41, 5.74) is -0.911. The summed E-state index contributed by atoms with van der Waals surface area (Å²) in [5, 5.41) is 20.8. The third-order valence-corrected chi connectivity index (χ3v) is 3.86. The van der Waals surface area contributed by atoms with E-state index in [-0.39, 0.29) is 18.3 Å². The highest BCUT2D eigenvalue weighted by molar-refractivity contribution is 5.69. The molecule has 0 rings (SSSR count). The number of hydrogen-bond acceptors (Lipinski definition) is 4. The topological polar surface area (TPSA) is 66.8 Å². The van der Waals surface area contributed by atoms with Crippen LogP contribution in [0.4, 0.5) is 0 Å². The van der Waals surface area contributed by atoms with E-state index in [0.29, 0.717) is 25.9 Å². The molecule has 2 N–H and O–H groups in total. The van der Waals surface area contributed by atoms with Crippen LogP contribution < -0.4 is 0 Å². The molecule has 4 nitrogen and oxygen atoms in total. The minimum atomic E-state index is -0.911. The minimum Gasteiger partial charge on any atom is -0.466 e. The number of esters is 1. The smallest absolute Gasteiger partial charge is 0.308 e. The van der Waals surface area contributed by atoms with Crippen LogP contribution in [0.5, 0.6) is 0 Å². The van der Waals surface area contributed by atoms with Crippen LogP contribution >= 0.6 is 0 Å². The fourth-order valence-electron chi connectivity index (χ4n) is 2.36. The Morgan fingerprint density at radius 3 is 2.43 bits per heavy atom. The van der Waals surface area contributed by atoms with Gasteiger partial charge in [0.25, 0.3) is 0 Å². The molecule has 21 heavy (non-hydrogen) atoms. The van der Waals surface area contributed by atoms with E-state index >= 15 is 0 Å². The molecule has 0 unspecified atom stereocenters. The van der Waals surface area contributed by atoms with Crippen molar-refractivity contribution in [1.82, 2.24) is 0 Å². The first-order valence-corrected chi connectivity index (χ1v) is 8.16. The highest BCUT2D eigenvalue weighted by Gasteiger charge is 2.30. The van der Waals surface area contributed by atoms with Crippen LogP contribution in [0.25, 0.3) is 0 Å². The zero-order chi connectivity index (χ0) is 16.3. The van der Waals surface area contributed by atoms with Crippen molar-refractivity contribution in [3.05, 3.63) is 12.2 Å². The Morgan fingerprint density at radius 1 is 1.29 bits per heavy atom. The molecule has 0 aliphatic heterocycles. The van der Waals surface area contributed by atoms with Crippen molar-refractivity contribution in [2.24, 2.45) is 5.92 Å². The highest BCUT2D eigenvalue weighted by atomic mass is 16.5. The molecule has 0 fully saturated rings. The van der Waals surface area contributed by atoms with Crippen molar-refractivity contribution < 1.29 is 19.7 Å². The average Bonchev–Trinajstić information content (AvgIpc) is 2.45. The van der Waals surface area contributed by atoms with Crippen molar-refractivity contribution >= 4 is 5.97 Å². The van der Waals surface area contributed by atoms with Crippen molar-refractivity contribution in [1.29, 1.82) is 0 Å². The molecule has 0 aliphatic carbocycles. The van der Waals surface area contributed by atoms with Gasteiger partial charge in [-0.1, -0.05) is 45.8 Å². The van der Waals surface area contributed by atoms with Gasteiger partial charge in [-0.25, -0.2) is 0 Å². The molecule has 0 radical (unpaired) electrons. The van der Waals surface area contributed by atoms with Gasteiger partial charge < -0.3 is 14.9 Å². The number of hydrogen-bond donors (Lipinski definition) is 2. The predicted molar refractivity (Wildman–Crippen MR) is 84.9 cm³/mol. The lowest BCUT2D eigenvalue weighted by molar-refractivity contribution is -0.146. The first-order valence-electron chi connectivity index (χ1n) is 8.16. The minimum absolute atomic E-state index is 0.00911. The number of aliphatic hydroxyl groups is 2. The summed E-state index contributed by atoms with van der Waals surface area (Å²) in [4.78, 5) is 11.5. The molecule has 0 aromatic rings. The maximum Gasteiger partial charge on any atom is 0.308 e. The van der Waals surface area contributed by atoms with Crippen molar-refractivity contribution in [2.45, 2.75) is 77.9 Å². The second-order valence-electron chi connectivity index (χ2n) is 5.60. The van der Waals surface area contributed by atoms with E-state index in [1.165, 1.54) is 0 Å². The van der Waals surface area contributed by atoms with E-state index < -0.39 is 11.7 Å².